The molecule has 0 amide bonds. The molecule has 3 heteroatoms. The number of ether oxygens (including phenoxy) is 2. The molecule has 5 rings (SSSR count). The molecular weight excluding hydrogens is 336 g/mol. The summed E-state index contributed by atoms with van der Waals surface area (Å²) in [5.41, 5.74) is 0.716. The van der Waals surface area contributed by atoms with Crippen LogP contribution in [0.15, 0.2) is 0 Å². The maximum Gasteiger partial charge on any atom is 0.157 e. The maximum atomic E-state index is 10.6. The molecule has 9 atom stereocenters. The molecule has 3 nitrogen and oxygen atoms in total. The first kappa shape index (κ1) is 18.9. The van der Waals surface area contributed by atoms with Gasteiger partial charge in [-0.15, -0.1) is 0 Å². The first-order valence-corrected chi connectivity index (χ1v) is 12.0. The molecule has 27 heavy (non-hydrogen) atoms. The highest BCUT2D eigenvalue weighted by Gasteiger charge is 2.60. The first-order valence-electron chi connectivity index (χ1n) is 12.0. The lowest BCUT2D eigenvalue weighted by molar-refractivity contribution is -0.212. The molecule has 4 aliphatic carbocycles. The number of hydrogen-bond acceptors (Lipinski definition) is 3. The van der Waals surface area contributed by atoms with E-state index in [-0.39, 0.29) is 17.8 Å². The van der Waals surface area contributed by atoms with Gasteiger partial charge < -0.3 is 14.6 Å². The molecular formula is C24H40O3. The van der Waals surface area contributed by atoms with E-state index in [4.69, 9.17) is 9.47 Å². The number of aliphatic hydroxyl groups is 1. The molecule has 1 saturated heterocycles. The summed E-state index contributed by atoms with van der Waals surface area (Å²) in [7, 11) is 0. The van der Waals surface area contributed by atoms with Crippen molar-refractivity contribution in [2.45, 2.75) is 109 Å². The van der Waals surface area contributed by atoms with Gasteiger partial charge in [0.25, 0.3) is 0 Å². The minimum Gasteiger partial charge on any atom is -0.393 e. The summed E-state index contributed by atoms with van der Waals surface area (Å²) in [4.78, 5) is 0. The second-order valence-electron chi connectivity index (χ2n) is 11.1. The number of aliphatic hydroxyl groups excluding tert-OH is 1. The van der Waals surface area contributed by atoms with Crippen molar-refractivity contribution in [2.75, 3.05) is 6.61 Å². The highest BCUT2D eigenvalue weighted by Crippen LogP contribution is 2.66. The molecule has 0 spiro atoms. The molecule has 1 heterocycles. The lowest BCUT2D eigenvalue weighted by Crippen LogP contribution is -2.54. The Balaban J connectivity index is 1.27. The van der Waals surface area contributed by atoms with Gasteiger partial charge in [-0.1, -0.05) is 13.8 Å². The summed E-state index contributed by atoms with van der Waals surface area (Å²) in [5, 5.41) is 10.6. The summed E-state index contributed by atoms with van der Waals surface area (Å²) in [5.74, 6) is 3.35. The van der Waals surface area contributed by atoms with Gasteiger partial charge in [-0.2, -0.15) is 0 Å². The molecule has 0 bridgehead atoms. The Kier molecular flexibility index (Phi) is 4.89. The Morgan fingerprint density at radius 3 is 2.48 bits per heavy atom. The Hall–Kier alpha value is -0.120. The van der Waals surface area contributed by atoms with Crippen molar-refractivity contribution in [3.8, 4) is 0 Å². The molecule has 4 saturated carbocycles. The van der Waals surface area contributed by atoms with Crippen LogP contribution in [0.5, 0.6) is 0 Å². The van der Waals surface area contributed by atoms with Crippen molar-refractivity contribution in [1.82, 2.24) is 0 Å². The van der Waals surface area contributed by atoms with Crippen molar-refractivity contribution in [3.63, 3.8) is 0 Å². The van der Waals surface area contributed by atoms with E-state index >= 15 is 0 Å². The fraction of sp³-hybridized carbons (Fsp3) is 1.00. The molecule has 5 fully saturated rings. The second-order valence-corrected chi connectivity index (χ2v) is 11.1. The Morgan fingerprint density at radius 1 is 0.852 bits per heavy atom. The Bertz CT molecular complexity index is 544. The molecule has 0 aromatic carbocycles. The standard InChI is InChI=1S/C24H40O3/c1-23-12-10-17(27-22-5-3-4-14-26-22)15-16(23)6-7-18-19-8-9-21(25)24(19,2)13-11-20(18)23/h16-22,25H,3-15H2,1-2H3/t16-,17+,18-,19+,20-,21-,22+,23-,24-/m0/s1. The van der Waals surface area contributed by atoms with Crippen LogP contribution in [0.3, 0.4) is 0 Å². The van der Waals surface area contributed by atoms with Crippen LogP contribution in [0.25, 0.3) is 0 Å². The predicted octanol–water partition coefficient (Wildman–Crippen LogP) is 5.30. The zero-order valence-corrected chi connectivity index (χ0v) is 17.5. The minimum absolute atomic E-state index is 0.0476. The van der Waals surface area contributed by atoms with Gasteiger partial charge in [0, 0.05) is 6.61 Å². The summed E-state index contributed by atoms with van der Waals surface area (Å²) in [6.07, 6.45) is 15.5. The predicted molar refractivity (Wildman–Crippen MR) is 106 cm³/mol. The van der Waals surface area contributed by atoms with E-state index in [1.54, 1.807) is 0 Å². The average molecular weight is 377 g/mol. The van der Waals surface area contributed by atoms with Gasteiger partial charge in [0.15, 0.2) is 6.29 Å². The van der Waals surface area contributed by atoms with Crippen LogP contribution in [-0.2, 0) is 9.47 Å². The summed E-state index contributed by atoms with van der Waals surface area (Å²) in [6, 6.07) is 0. The van der Waals surface area contributed by atoms with E-state index in [2.05, 4.69) is 13.8 Å². The molecule has 5 aliphatic rings. The topological polar surface area (TPSA) is 38.7 Å². The number of rotatable bonds is 2. The fourth-order valence-electron chi connectivity index (χ4n) is 8.35. The normalized spacial score (nSPS) is 55.4. The molecule has 0 aromatic heterocycles. The van der Waals surface area contributed by atoms with E-state index < -0.39 is 0 Å². The zero-order chi connectivity index (χ0) is 18.6. The van der Waals surface area contributed by atoms with Crippen LogP contribution in [0.2, 0.25) is 0 Å². The third-order valence-corrected chi connectivity index (χ3v) is 10.0. The van der Waals surface area contributed by atoms with Crippen LogP contribution in [0.4, 0.5) is 0 Å². The fourth-order valence-corrected chi connectivity index (χ4v) is 8.35. The maximum absolute atomic E-state index is 10.6. The van der Waals surface area contributed by atoms with Crippen LogP contribution in [0, 0.1) is 34.5 Å². The second kappa shape index (κ2) is 6.99. The monoisotopic (exact) mass is 376 g/mol. The molecule has 0 unspecified atom stereocenters. The smallest absolute Gasteiger partial charge is 0.157 e. The van der Waals surface area contributed by atoms with Crippen LogP contribution < -0.4 is 0 Å². The summed E-state index contributed by atoms with van der Waals surface area (Å²) >= 11 is 0. The van der Waals surface area contributed by atoms with E-state index in [1.807, 2.05) is 0 Å². The average Bonchev–Trinajstić information content (AvgIpc) is 2.98. The molecule has 1 aliphatic heterocycles. The van der Waals surface area contributed by atoms with Crippen molar-refractivity contribution >= 4 is 0 Å². The molecule has 1 N–H and O–H groups in total. The molecule has 154 valence electrons. The first-order chi connectivity index (χ1) is 13.0. The van der Waals surface area contributed by atoms with Crippen molar-refractivity contribution < 1.29 is 14.6 Å². The third-order valence-electron chi connectivity index (χ3n) is 10.0. The van der Waals surface area contributed by atoms with E-state index in [0.717, 1.165) is 43.1 Å². The third kappa shape index (κ3) is 3.02. The van der Waals surface area contributed by atoms with E-state index in [1.165, 1.54) is 64.2 Å². The van der Waals surface area contributed by atoms with Crippen LogP contribution >= 0.6 is 0 Å². The van der Waals surface area contributed by atoms with Gasteiger partial charge in [0.05, 0.1) is 12.2 Å². The number of hydrogen-bond donors (Lipinski definition) is 1. The highest BCUT2D eigenvalue weighted by molar-refractivity contribution is 5.09. The van der Waals surface area contributed by atoms with Crippen molar-refractivity contribution in [3.05, 3.63) is 0 Å². The largest absolute Gasteiger partial charge is 0.393 e. The van der Waals surface area contributed by atoms with Gasteiger partial charge in [-0.05, 0) is 112 Å². The van der Waals surface area contributed by atoms with Gasteiger partial charge >= 0.3 is 0 Å². The Morgan fingerprint density at radius 2 is 1.67 bits per heavy atom. The van der Waals surface area contributed by atoms with E-state index in [9.17, 15) is 5.11 Å². The molecule has 0 radical (unpaired) electrons. The molecule has 0 aromatic rings. The lowest BCUT2D eigenvalue weighted by Gasteiger charge is -2.61. The SMILES string of the molecule is C[C@]12CC[C@H]3[C@@H](CC[C@H]4C[C@H](O[C@@H]5CCCCO5)CC[C@@]43C)[C@H]1CC[C@@H]2O. The highest BCUT2D eigenvalue weighted by atomic mass is 16.7. The number of fused-ring (bicyclic) bond motifs is 5. The Labute approximate surface area is 165 Å². The van der Waals surface area contributed by atoms with Gasteiger partial charge in [0.2, 0.25) is 0 Å². The quantitative estimate of drug-likeness (QED) is 0.665. The van der Waals surface area contributed by atoms with Crippen molar-refractivity contribution in [2.24, 2.45) is 34.5 Å². The zero-order valence-electron chi connectivity index (χ0n) is 17.5. The van der Waals surface area contributed by atoms with E-state index in [0.29, 0.717) is 11.5 Å². The summed E-state index contributed by atoms with van der Waals surface area (Å²) in [6.45, 7) is 5.90. The van der Waals surface area contributed by atoms with Gasteiger partial charge in [0.1, 0.15) is 0 Å². The van der Waals surface area contributed by atoms with Gasteiger partial charge in [-0.25, -0.2) is 0 Å². The van der Waals surface area contributed by atoms with Gasteiger partial charge in [-0.3, -0.25) is 0 Å². The lowest BCUT2D eigenvalue weighted by atomic mass is 9.45. The minimum atomic E-state index is -0.0476. The van der Waals surface area contributed by atoms with Crippen molar-refractivity contribution in [1.29, 1.82) is 0 Å². The van der Waals surface area contributed by atoms with Crippen LogP contribution in [-0.4, -0.2) is 30.2 Å². The van der Waals surface area contributed by atoms with Crippen LogP contribution in [0.1, 0.15) is 90.9 Å². The summed E-state index contributed by atoms with van der Waals surface area (Å²) < 4.78 is 12.3.